The standard InChI is InChI=1S/C19H19N3O7/c1-27-15-9-13(7-8-14(15)28-10-16(20)23)19(26)29-11-17(24)21-22-18(25)12-5-3-2-4-6-12/h2-9H,10-11H2,1H3,(H2,20,23)(H,21,24)(H,22,25). The molecule has 0 aliphatic heterocycles. The molecule has 2 rings (SSSR count). The Balaban J connectivity index is 1.85. The molecule has 0 aliphatic rings. The van der Waals surface area contributed by atoms with E-state index in [9.17, 15) is 19.2 Å². The minimum atomic E-state index is -0.797. The van der Waals surface area contributed by atoms with Crippen molar-refractivity contribution in [2.75, 3.05) is 20.3 Å². The molecule has 10 nitrogen and oxygen atoms in total. The number of methoxy groups -OCH3 is 1. The van der Waals surface area contributed by atoms with Gasteiger partial charge in [-0.3, -0.25) is 25.2 Å². The Bertz CT molecular complexity index is 900. The summed E-state index contributed by atoms with van der Waals surface area (Å²) < 4.78 is 15.1. The highest BCUT2D eigenvalue weighted by atomic mass is 16.5. The van der Waals surface area contributed by atoms with Crippen LogP contribution in [0.2, 0.25) is 0 Å². The number of nitrogens with one attached hydrogen (secondary N) is 2. The lowest BCUT2D eigenvalue weighted by Gasteiger charge is -2.11. The number of primary amides is 1. The van der Waals surface area contributed by atoms with Gasteiger partial charge in [-0.1, -0.05) is 18.2 Å². The highest BCUT2D eigenvalue weighted by Crippen LogP contribution is 2.28. The molecule has 3 amide bonds. The van der Waals surface area contributed by atoms with Crippen LogP contribution in [0.5, 0.6) is 11.5 Å². The topological polar surface area (TPSA) is 146 Å². The molecule has 4 N–H and O–H groups in total. The van der Waals surface area contributed by atoms with E-state index in [0.717, 1.165) is 0 Å². The minimum Gasteiger partial charge on any atom is -0.493 e. The molecule has 0 unspecified atom stereocenters. The Hall–Kier alpha value is -4.08. The first-order valence-electron chi connectivity index (χ1n) is 8.31. The van der Waals surface area contributed by atoms with Gasteiger partial charge in [0, 0.05) is 5.56 Å². The molecular formula is C19H19N3O7. The van der Waals surface area contributed by atoms with Crippen molar-refractivity contribution in [2.24, 2.45) is 5.73 Å². The number of benzene rings is 2. The summed E-state index contributed by atoms with van der Waals surface area (Å²) in [7, 11) is 1.35. The van der Waals surface area contributed by atoms with Gasteiger partial charge in [0.15, 0.2) is 24.7 Å². The maximum atomic E-state index is 12.1. The molecule has 0 saturated heterocycles. The highest BCUT2D eigenvalue weighted by Gasteiger charge is 2.15. The second-order valence-corrected chi connectivity index (χ2v) is 5.57. The van der Waals surface area contributed by atoms with Crippen LogP contribution in [0.4, 0.5) is 0 Å². The van der Waals surface area contributed by atoms with Gasteiger partial charge in [-0.05, 0) is 30.3 Å². The number of carbonyl (C=O) groups excluding carboxylic acids is 4. The number of hydrogen-bond acceptors (Lipinski definition) is 7. The monoisotopic (exact) mass is 401 g/mol. The van der Waals surface area contributed by atoms with E-state index < -0.39 is 30.3 Å². The molecule has 10 heteroatoms. The molecule has 0 spiro atoms. The average molecular weight is 401 g/mol. The van der Waals surface area contributed by atoms with Gasteiger partial charge in [0.1, 0.15) is 0 Å². The van der Waals surface area contributed by atoms with Gasteiger partial charge in [-0.2, -0.15) is 0 Å². The highest BCUT2D eigenvalue weighted by molar-refractivity contribution is 5.96. The number of esters is 1. The van der Waals surface area contributed by atoms with Crippen LogP contribution in [-0.4, -0.2) is 44.0 Å². The first-order chi connectivity index (χ1) is 13.9. The number of rotatable bonds is 8. The fraction of sp³-hybridized carbons (Fsp3) is 0.158. The minimum absolute atomic E-state index is 0.0920. The summed E-state index contributed by atoms with van der Waals surface area (Å²) in [6.07, 6.45) is 0. The van der Waals surface area contributed by atoms with E-state index in [-0.39, 0.29) is 23.7 Å². The molecule has 2 aromatic carbocycles. The van der Waals surface area contributed by atoms with Gasteiger partial charge >= 0.3 is 5.97 Å². The van der Waals surface area contributed by atoms with E-state index in [2.05, 4.69) is 10.9 Å². The van der Waals surface area contributed by atoms with Crippen molar-refractivity contribution in [1.82, 2.24) is 10.9 Å². The molecule has 0 bridgehead atoms. The first kappa shape index (κ1) is 21.2. The van der Waals surface area contributed by atoms with Gasteiger partial charge in [0.05, 0.1) is 12.7 Å². The molecule has 0 aromatic heterocycles. The molecule has 152 valence electrons. The van der Waals surface area contributed by atoms with Crippen molar-refractivity contribution in [3.8, 4) is 11.5 Å². The zero-order valence-electron chi connectivity index (χ0n) is 15.5. The van der Waals surface area contributed by atoms with E-state index in [4.69, 9.17) is 19.9 Å². The van der Waals surface area contributed by atoms with Gasteiger partial charge in [0.25, 0.3) is 17.7 Å². The third kappa shape index (κ3) is 6.54. The van der Waals surface area contributed by atoms with Crippen LogP contribution in [0.15, 0.2) is 48.5 Å². The first-order valence-corrected chi connectivity index (χ1v) is 8.31. The largest absolute Gasteiger partial charge is 0.493 e. The van der Waals surface area contributed by atoms with Crippen LogP contribution >= 0.6 is 0 Å². The number of nitrogens with two attached hydrogens (primary N) is 1. The van der Waals surface area contributed by atoms with Gasteiger partial charge < -0.3 is 19.9 Å². The van der Waals surface area contributed by atoms with Crippen LogP contribution in [0.1, 0.15) is 20.7 Å². The predicted octanol–water partition coefficient (Wildman–Crippen LogP) is 0.177. The van der Waals surface area contributed by atoms with Crippen molar-refractivity contribution < 1.29 is 33.4 Å². The predicted molar refractivity (Wildman–Crippen MR) is 100 cm³/mol. The van der Waals surface area contributed by atoms with E-state index >= 15 is 0 Å². The molecule has 0 fully saturated rings. The Morgan fingerprint density at radius 3 is 2.28 bits per heavy atom. The van der Waals surface area contributed by atoms with Crippen molar-refractivity contribution in [2.45, 2.75) is 0 Å². The summed E-state index contributed by atoms with van der Waals surface area (Å²) >= 11 is 0. The SMILES string of the molecule is COc1cc(C(=O)OCC(=O)NNC(=O)c2ccccc2)ccc1OCC(N)=O. The summed E-state index contributed by atoms with van der Waals surface area (Å²) in [6, 6.07) is 12.4. The van der Waals surface area contributed by atoms with E-state index in [1.165, 1.54) is 25.3 Å². The number of hydrogen-bond donors (Lipinski definition) is 3. The third-order valence-electron chi connectivity index (χ3n) is 3.46. The van der Waals surface area contributed by atoms with Crippen molar-refractivity contribution in [3.05, 3.63) is 59.7 Å². The summed E-state index contributed by atoms with van der Waals surface area (Å²) in [6.45, 7) is -0.967. The van der Waals surface area contributed by atoms with Crippen molar-refractivity contribution in [1.29, 1.82) is 0 Å². The summed E-state index contributed by atoms with van der Waals surface area (Å²) in [5.41, 5.74) is 9.81. The summed E-state index contributed by atoms with van der Waals surface area (Å²) in [5, 5.41) is 0. The second-order valence-electron chi connectivity index (χ2n) is 5.57. The zero-order chi connectivity index (χ0) is 21.2. The molecular weight excluding hydrogens is 382 g/mol. The fourth-order valence-corrected chi connectivity index (χ4v) is 2.10. The van der Waals surface area contributed by atoms with Gasteiger partial charge in [-0.25, -0.2) is 4.79 Å². The maximum Gasteiger partial charge on any atom is 0.338 e. The normalized spacial score (nSPS) is 9.83. The van der Waals surface area contributed by atoms with Gasteiger partial charge in [-0.15, -0.1) is 0 Å². The lowest BCUT2D eigenvalue weighted by Crippen LogP contribution is -2.43. The number of ether oxygens (including phenoxy) is 3. The number of hydrazine groups is 1. The van der Waals surface area contributed by atoms with E-state index in [1.54, 1.807) is 30.3 Å². The summed E-state index contributed by atoms with van der Waals surface area (Å²) in [5.74, 6) is -2.31. The second kappa shape index (κ2) is 10.3. The smallest absolute Gasteiger partial charge is 0.338 e. The zero-order valence-corrected chi connectivity index (χ0v) is 15.5. The Morgan fingerprint density at radius 1 is 0.897 bits per heavy atom. The molecule has 29 heavy (non-hydrogen) atoms. The van der Waals surface area contributed by atoms with Crippen molar-refractivity contribution in [3.63, 3.8) is 0 Å². The lowest BCUT2D eigenvalue weighted by molar-refractivity contribution is -0.125. The van der Waals surface area contributed by atoms with Crippen molar-refractivity contribution >= 4 is 23.7 Å². The Kier molecular flexibility index (Phi) is 7.54. The fourth-order valence-electron chi connectivity index (χ4n) is 2.10. The Morgan fingerprint density at radius 2 is 1.62 bits per heavy atom. The van der Waals surface area contributed by atoms with Gasteiger partial charge in [0.2, 0.25) is 0 Å². The molecule has 2 aromatic rings. The summed E-state index contributed by atoms with van der Waals surface area (Å²) in [4.78, 5) is 46.5. The van der Waals surface area contributed by atoms with Crippen LogP contribution in [-0.2, 0) is 14.3 Å². The number of carbonyl (C=O) groups is 4. The van der Waals surface area contributed by atoms with E-state index in [1.807, 2.05) is 0 Å². The molecule has 0 heterocycles. The van der Waals surface area contributed by atoms with Crippen LogP contribution < -0.4 is 26.1 Å². The van der Waals surface area contributed by atoms with Crippen LogP contribution in [0.25, 0.3) is 0 Å². The quantitative estimate of drug-likeness (QED) is 0.422. The maximum absolute atomic E-state index is 12.1. The lowest BCUT2D eigenvalue weighted by atomic mass is 10.2. The average Bonchev–Trinajstić information content (AvgIpc) is 2.74. The van der Waals surface area contributed by atoms with E-state index in [0.29, 0.717) is 5.56 Å². The molecule has 0 radical (unpaired) electrons. The number of amides is 3. The Labute approximate surface area is 165 Å². The molecule has 0 saturated carbocycles. The van der Waals surface area contributed by atoms with Crippen LogP contribution in [0.3, 0.4) is 0 Å². The third-order valence-corrected chi connectivity index (χ3v) is 3.46. The molecule has 0 atom stereocenters. The van der Waals surface area contributed by atoms with Crippen LogP contribution in [0, 0.1) is 0 Å². The molecule has 0 aliphatic carbocycles.